The summed E-state index contributed by atoms with van der Waals surface area (Å²) < 4.78 is 11.2. The lowest BCUT2D eigenvalue weighted by Crippen LogP contribution is -2.29. The lowest BCUT2D eigenvalue weighted by Gasteiger charge is -2.10. The molecule has 1 fully saturated rings. The SMILES string of the molecule is C=CCOc1ccc(/C=C2\SC(=S)N(CC=O)C2=O)cc1OC. The van der Waals surface area contributed by atoms with E-state index in [-0.39, 0.29) is 12.5 Å². The topological polar surface area (TPSA) is 55.8 Å². The molecule has 1 amide bonds. The standard InChI is InChI=1S/C16H15NO4S2/c1-3-8-21-12-5-4-11(9-13(12)20-2)10-14-15(19)17(6-7-18)16(22)23-14/h3-5,7,9-10H,1,6,8H2,2H3/b14-10-. The molecule has 0 atom stereocenters. The Balaban J connectivity index is 2.25. The van der Waals surface area contributed by atoms with Crippen LogP contribution in [0.25, 0.3) is 6.08 Å². The summed E-state index contributed by atoms with van der Waals surface area (Å²) in [5, 5.41) is 0. The highest BCUT2D eigenvalue weighted by Crippen LogP contribution is 2.34. The van der Waals surface area contributed by atoms with Gasteiger partial charge in [0.2, 0.25) is 0 Å². The summed E-state index contributed by atoms with van der Waals surface area (Å²) in [5.74, 6) is 0.889. The van der Waals surface area contributed by atoms with Crippen molar-refractivity contribution in [1.82, 2.24) is 4.90 Å². The van der Waals surface area contributed by atoms with Crippen molar-refractivity contribution >= 4 is 46.6 Å². The lowest BCUT2D eigenvalue weighted by molar-refractivity contribution is -0.124. The maximum absolute atomic E-state index is 12.2. The molecule has 0 unspecified atom stereocenters. The zero-order valence-corrected chi connectivity index (χ0v) is 14.1. The van der Waals surface area contributed by atoms with Gasteiger partial charge in [-0.15, -0.1) is 0 Å². The van der Waals surface area contributed by atoms with Crippen LogP contribution in [0.5, 0.6) is 11.5 Å². The average Bonchev–Trinajstić information content (AvgIpc) is 2.81. The number of thioether (sulfide) groups is 1. The van der Waals surface area contributed by atoms with Gasteiger partial charge in [-0.25, -0.2) is 0 Å². The van der Waals surface area contributed by atoms with Gasteiger partial charge in [0.25, 0.3) is 5.91 Å². The van der Waals surface area contributed by atoms with Crippen molar-refractivity contribution < 1.29 is 19.1 Å². The number of aldehydes is 1. The third-order valence-corrected chi connectivity index (χ3v) is 4.35. The molecular formula is C16H15NO4S2. The number of carbonyl (C=O) groups excluding carboxylic acids is 2. The Morgan fingerprint density at radius 1 is 1.39 bits per heavy atom. The number of benzene rings is 1. The largest absolute Gasteiger partial charge is 0.493 e. The van der Waals surface area contributed by atoms with Crippen molar-refractivity contribution in [2.75, 3.05) is 20.3 Å². The van der Waals surface area contributed by atoms with Crippen molar-refractivity contribution in [2.24, 2.45) is 0 Å². The van der Waals surface area contributed by atoms with E-state index >= 15 is 0 Å². The molecule has 120 valence electrons. The smallest absolute Gasteiger partial charge is 0.266 e. The normalized spacial score (nSPS) is 15.9. The summed E-state index contributed by atoms with van der Waals surface area (Å²) >= 11 is 6.28. The van der Waals surface area contributed by atoms with Crippen LogP contribution in [0.2, 0.25) is 0 Å². The van der Waals surface area contributed by atoms with Crippen LogP contribution in [-0.4, -0.2) is 41.7 Å². The van der Waals surface area contributed by atoms with Crippen LogP contribution in [0.4, 0.5) is 0 Å². The van der Waals surface area contributed by atoms with Crippen molar-refractivity contribution in [3.8, 4) is 11.5 Å². The molecule has 1 heterocycles. The van der Waals surface area contributed by atoms with Crippen molar-refractivity contribution in [2.45, 2.75) is 0 Å². The van der Waals surface area contributed by atoms with Crippen LogP contribution >= 0.6 is 24.0 Å². The van der Waals surface area contributed by atoms with Gasteiger partial charge >= 0.3 is 0 Å². The molecule has 0 aromatic heterocycles. The van der Waals surface area contributed by atoms with Gasteiger partial charge in [0.1, 0.15) is 17.2 Å². The Bertz CT molecular complexity index is 685. The maximum Gasteiger partial charge on any atom is 0.266 e. The molecule has 1 aromatic rings. The Morgan fingerprint density at radius 2 is 2.17 bits per heavy atom. The van der Waals surface area contributed by atoms with E-state index in [1.807, 2.05) is 6.07 Å². The van der Waals surface area contributed by atoms with E-state index in [2.05, 4.69) is 6.58 Å². The Hall–Kier alpha value is -2.12. The van der Waals surface area contributed by atoms with E-state index in [9.17, 15) is 9.59 Å². The molecule has 1 saturated heterocycles. The molecule has 5 nitrogen and oxygen atoms in total. The second-order valence-corrected chi connectivity index (χ2v) is 6.14. The minimum absolute atomic E-state index is 0.0281. The minimum atomic E-state index is -0.266. The highest BCUT2D eigenvalue weighted by Gasteiger charge is 2.31. The monoisotopic (exact) mass is 349 g/mol. The highest BCUT2D eigenvalue weighted by molar-refractivity contribution is 8.26. The van der Waals surface area contributed by atoms with Crippen LogP contribution in [0.3, 0.4) is 0 Å². The number of hydrogen-bond acceptors (Lipinski definition) is 6. The number of nitrogens with zero attached hydrogens (tertiary/aromatic N) is 1. The number of rotatable bonds is 7. The number of amides is 1. The molecular weight excluding hydrogens is 334 g/mol. The fraction of sp³-hybridized carbons (Fsp3) is 0.188. The van der Waals surface area contributed by atoms with Crippen molar-refractivity contribution in [3.63, 3.8) is 0 Å². The minimum Gasteiger partial charge on any atom is -0.493 e. The number of carbonyl (C=O) groups is 2. The summed E-state index contributed by atoms with van der Waals surface area (Å²) in [7, 11) is 1.55. The van der Waals surface area contributed by atoms with Gasteiger partial charge in [0.15, 0.2) is 11.5 Å². The first-order valence-electron chi connectivity index (χ1n) is 6.71. The molecule has 1 aromatic carbocycles. The van der Waals surface area contributed by atoms with Crippen molar-refractivity contribution in [1.29, 1.82) is 0 Å². The lowest BCUT2D eigenvalue weighted by atomic mass is 10.2. The summed E-state index contributed by atoms with van der Waals surface area (Å²) in [5.41, 5.74) is 0.777. The highest BCUT2D eigenvalue weighted by atomic mass is 32.2. The Morgan fingerprint density at radius 3 is 2.83 bits per heavy atom. The third-order valence-electron chi connectivity index (χ3n) is 2.97. The quantitative estimate of drug-likeness (QED) is 0.326. The van der Waals surface area contributed by atoms with Crippen LogP contribution < -0.4 is 9.47 Å². The zero-order chi connectivity index (χ0) is 16.8. The van der Waals surface area contributed by atoms with Gasteiger partial charge in [0.05, 0.1) is 18.6 Å². The summed E-state index contributed by atoms with van der Waals surface area (Å²) in [4.78, 5) is 24.5. The van der Waals surface area contributed by atoms with E-state index in [1.54, 1.807) is 31.4 Å². The summed E-state index contributed by atoms with van der Waals surface area (Å²) in [6.45, 7) is 3.94. The zero-order valence-electron chi connectivity index (χ0n) is 12.5. The van der Waals surface area contributed by atoms with E-state index < -0.39 is 0 Å². The van der Waals surface area contributed by atoms with Crippen LogP contribution in [0.1, 0.15) is 5.56 Å². The second-order valence-electron chi connectivity index (χ2n) is 4.47. The molecule has 0 aliphatic carbocycles. The van der Waals surface area contributed by atoms with E-state index in [4.69, 9.17) is 21.7 Å². The first-order chi connectivity index (χ1) is 11.1. The predicted molar refractivity (Wildman–Crippen MR) is 94.6 cm³/mol. The Kier molecular flexibility index (Phi) is 5.95. The Labute approximate surface area is 143 Å². The molecule has 1 aliphatic rings. The first-order valence-corrected chi connectivity index (χ1v) is 7.94. The molecule has 0 bridgehead atoms. The fourth-order valence-corrected chi connectivity index (χ4v) is 3.20. The molecule has 0 radical (unpaired) electrons. The molecule has 0 saturated carbocycles. The van der Waals surface area contributed by atoms with Gasteiger partial charge in [-0.1, -0.05) is 42.7 Å². The molecule has 1 aliphatic heterocycles. The molecule has 0 N–H and O–H groups in total. The summed E-state index contributed by atoms with van der Waals surface area (Å²) in [6, 6.07) is 5.35. The van der Waals surface area contributed by atoms with E-state index in [0.29, 0.717) is 33.6 Å². The third kappa shape index (κ3) is 4.00. The number of ether oxygens (including phenoxy) is 2. The van der Waals surface area contributed by atoms with Gasteiger partial charge in [-0.05, 0) is 23.8 Å². The van der Waals surface area contributed by atoms with Gasteiger partial charge in [0, 0.05) is 0 Å². The number of hydrogen-bond donors (Lipinski definition) is 0. The molecule has 0 spiro atoms. The van der Waals surface area contributed by atoms with Crippen LogP contribution in [0, 0.1) is 0 Å². The van der Waals surface area contributed by atoms with E-state index in [0.717, 1.165) is 5.56 Å². The maximum atomic E-state index is 12.2. The summed E-state index contributed by atoms with van der Waals surface area (Å²) in [6.07, 6.45) is 4.01. The van der Waals surface area contributed by atoms with Gasteiger partial charge < -0.3 is 14.3 Å². The second kappa shape index (κ2) is 7.94. The molecule has 23 heavy (non-hydrogen) atoms. The number of thiocarbonyl (C=S) groups is 1. The molecule has 2 rings (SSSR count). The number of methoxy groups -OCH3 is 1. The van der Waals surface area contributed by atoms with Crippen LogP contribution in [-0.2, 0) is 9.59 Å². The van der Waals surface area contributed by atoms with Gasteiger partial charge in [-0.2, -0.15) is 0 Å². The predicted octanol–water partition coefficient (Wildman–Crippen LogP) is 2.66. The fourth-order valence-electron chi connectivity index (χ4n) is 1.93. The van der Waals surface area contributed by atoms with Crippen LogP contribution in [0.15, 0.2) is 35.8 Å². The van der Waals surface area contributed by atoms with Gasteiger partial charge in [-0.3, -0.25) is 9.69 Å². The molecule has 7 heteroatoms. The average molecular weight is 349 g/mol. The first kappa shape index (κ1) is 17.2. The van der Waals surface area contributed by atoms with Crippen molar-refractivity contribution in [3.05, 3.63) is 41.3 Å². The van der Waals surface area contributed by atoms with E-state index in [1.165, 1.54) is 16.7 Å².